The zero-order valence-electron chi connectivity index (χ0n) is 14.7. The van der Waals surface area contributed by atoms with Crippen molar-refractivity contribution in [3.63, 3.8) is 0 Å². The minimum atomic E-state index is -0.696. The van der Waals surface area contributed by atoms with Crippen molar-refractivity contribution in [1.82, 2.24) is 10.6 Å². The first kappa shape index (κ1) is 20.0. The van der Waals surface area contributed by atoms with E-state index < -0.39 is 23.1 Å². The molecule has 6 nitrogen and oxygen atoms in total. The maximum Gasteiger partial charge on any atom is 0.321 e. The van der Waals surface area contributed by atoms with Gasteiger partial charge in [0, 0.05) is 16.9 Å². The topological polar surface area (TPSA) is 108 Å². The summed E-state index contributed by atoms with van der Waals surface area (Å²) in [5, 5.41) is 14.1. The predicted octanol–water partition coefficient (Wildman–Crippen LogP) is 3.37. The molecule has 0 saturated carbocycles. The summed E-state index contributed by atoms with van der Waals surface area (Å²) in [6.45, 7) is 0.303. The summed E-state index contributed by atoms with van der Waals surface area (Å²) in [6, 6.07) is 18.2. The first-order valence-electron chi connectivity index (χ1n) is 8.44. The summed E-state index contributed by atoms with van der Waals surface area (Å²) in [5.74, 6) is -0.998. The lowest BCUT2D eigenvalue weighted by Gasteiger charge is -2.19. The Hall–Kier alpha value is -2.76. The van der Waals surface area contributed by atoms with Crippen LogP contribution in [0.3, 0.4) is 0 Å². The number of nitriles is 1. The van der Waals surface area contributed by atoms with E-state index in [4.69, 9.17) is 5.73 Å². The van der Waals surface area contributed by atoms with Crippen LogP contribution < -0.4 is 16.4 Å². The minimum absolute atomic E-state index is 0.303. The van der Waals surface area contributed by atoms with Gasteiger partial charge >= 0.3 is 6.03 Å². The summed E-state index contributed by atoms with van der Waals surface area (Å²) in [5.41, 5.74) is 8.03. The Morgan fingerprint density at radius 3 is 2.46 bits per heavy atom. The number of amides is 3. The molecule has 1 heterocycles. The van der Waals surface area contributed by atoms with Gasteiger partial charge < -0.3 is 11.1 Å². The molecule has 2 aromatic rings. The third-order valence-corrected chi connectivity index (χ3v) is 6.02. The van der Waals surface area contributed by atoms with Crippen LogP contribution in [0.1, 0.15) is 17.0 Å². The first-order chi connectivity index (χ1) is 13.5. The van der Waals surface area contributed by atoms with Crippen molar-refractivity contribution in [1.29, 1.82) is 5.26 Å². The SMILES string of the molecule is N#CC1=C(N)SC(C(=O)NC(=O)NCc2ccccc2)C1c1ccc(Br)cc1. The molecule has 2 unspecified atom stereocenters. The van der Waals surface area contributed by atoms with E-state index in [-0.39, 0.29) is 0 Å². The molecule has 8 heteroatoms. The molecule has 3 amide bonds. The second-order valence-electron chi connectivity index (χ2n) is 6.11. The summed E-state index contributed by atoms with van der Waals surface area (Å²) >= 11 is 4.47. The highest BCUT2D eigenvalue weighted by Gasteiger charge is 2.41. The number of nitrogens with one attached hydrogen (secondary N) is 2. The highest BCUT2D eigenvalue weighted by molar-refractivity contribution is 9.10. The van der Waals surface area contributed by atoms with Crippen LogP contribution in [-0.4, -0.2) is 17.2 Å². The molecule has 0 aromatic heterocycles. The number of nitrogens with zero attached hydrogens (tertiary/aromatic N) is 1. The molecule has 0 spiro atoms. The lowest BCUT2D eigenvalue weighted by atomic mass is 9.89. The van der Waals surface area contributed by atoms with Gasteiger partial charge in [0.15, 0.2) is 0 Å². The van der Waals surface area contributed by atoms with E-state index in [0.717, 1.165) is 27.4 Å². The van der Waals surface area contributed by atoms with E-state index in [9.17, 15) is 14.9 Å². The third-order valence-electron chi connectivity index (χ3n) is 4.27. The molecule has 1 aliphatic rings. The largest absolute Gasteiger partial charge is 0.393 e. The maximum atomic E-state index is 12.7. The fraction of sp³-hybridized carbons (Fsp3) is 0.150. The minimum Gasteiger partial charge on any atom is -0.393 e. The number of hydrogen-bond acceptors (Lipinski definition) is 5. The number of carbonyl (C=O) groups is 2. The number of nitrogens with two attached hydrogens (primary N) is 1. The van der Waals surface area contributed by atoms with Gasteiger partial charge in [-0.15, -0.1) is 0 Å². The number of halogens is 1. The second-order valence-corrected chi connectivity index (χ2v) is 8.21. The van der Waals surface area contributed by atoms with Crippen molar-refractivity contribution >= 4 is 39.6 Å². The van der Waals surface area contributed by atoms with Crippen LogP contribution in [0.4, 0.5) is 4.79 Å². The lowest BCUT2D eigenvalue weighted by molar-refractivity contribution is -0.119. The third kappa shape index (κ3) is 4.55. The summed E-state index contributed by atoms with van der Waals surface area (Å²) in [6.07, 6.45) is 0. The van der Waals surface area contributed by atoms with Gasteiger partial charge in [-0.05, 0) is 23.3 Å². The molecule has 28 heavy (non-hydrogen) atoms. The van der Waals surface area contributed by atoms with E-state index in [1.807, 2.05) is 54.6 Å². The lowest BCUT2D eigenvalue weighted by Crippen LogP contribution is -2.44. The molecule has 1 aliphatic heterocycles. The van der Waals surface area contributed by atoms with Crippen LogP contribution in [0.15, 0.2) is 69.7 Å². The van der Waals surface area contributed by atoms with Crippen molar-refractivity contribution in [3.8, 4) is 6.07 Å². The van der Waals surface area contributed by atoms with E-state index in [1.165, 1.54) is 0 Å². The molecule has 0 aliphatic carbocycles. The van der Waals surface area contributed by atoms with Crippen molar-refractivity contribution in [2.75, 3.05) is 0 Å². The number of urea groups is 1. The van der Waals surface area contributed by atoms with Crippen molar-refractivity contribution in [2.45, 2.75) is 17.7 Å². The Morgan fingerprint density at radius 1 is 1.14 bits per heavy atom. The van der Waals surface area contributed by atoms with Crippen LogP contribution in [0.2, 0.25) is 0 Å². The number of allylic oxidation sites excluding steroid dienone is 1. The monoisotopic (exact) mass is 456 g/mol. The van der Waals surface area contributed by atoms with E-state index in [2.05, 4.69) is 32.6 Å². The molecule has 2 aromatic carbocycles. The van der Waals surface area contributed by atoms with Gasteiger partial charge in [0.05, 0.1) is 16.7 Å². The number of thioether (sulfide) groups is 1. The number of rotatable bonds is 4. The molecule has 2 atom stereocenters. The number of carbonyl (C=O) groups excluding carboxylic acids is 2. The van der Waals surface area contributed by atoms with Crippen LogP contribution in [0.5, 0.6) is 0 Å². The zero-order valence-corrected chi connectivity index (χ0v) is 17.1. The van der Waals surface area contributed by atoms with Crippen LogP contribution in [-0.2, 0) is 11.3 Å². The van der Waals surface area contributed by atoms with Crippen LogP contribution >= 0.6 is 27.7 Å². The van der Waals surface area contributed by atoms with E-state index in [1.54, 1.807) is 0 Å². The fourth-order valence-electron chi connectivity index (χ4n) is 2.92. The van der Waals surface area contributed by atoms with Crippen LogP contribution in [0, 0.1) is 11.3 Å². The van der Waals surface area contributed by atoms with E-state index in [0.29, 0.717) is 17.1 Å². The highest BCUT2D eigenvalue weighted by atomic mass is 79.9. The Morgan fingerprint density at radius 2 is 1.82 bits per heavy atom. The maximum absolute atomic E-state index is 12.7. The van der Waals surface area contributed by atoms with E-state index >= 15 is 0 Å². The Kier molecular flexibility index (Phi) is 6.39. The van der Waals surface area contributed by atoms with Crippen molar-refractivity contribution in [3.05, 3.63) is 80.8 Å². The average molecular weight is 457 g/mol. The predicted molar refractivity (Wildman–Crippen MR) is 112 cm³/mol. The molecule has 0 saturated heterocycles. The van der Waals surface area contributed by atoms with Gasteiger partial charge in [0.2, 0.25) is 5.91 Å². The van der Waals surface area contributed by atoms with Gasteiger partial charge in [-0.2, -0.15) is 5.26 Å². The Labute approximate surface area is 175 Å². The number of hydrogen-bond donors (Lipinski definition) is 3. The average Bonchev–Trinajstić information content (AvgIpc) is 3.04. The zero-order chi connectivity index (χ0) is 20.1. The van der Waals surface area contributed by atoms with Gasteiger partial charge in [-0.1, -0.05) is 70.2 Å². The van der Waals surface area contributed by atoms with Crippen molar-refractivity contribution in [2.24, 2.45) is 5.73 Å². The molecular formula is C20H17BrN4O2S. The molecule has 0 bridgehead atoms. The van der Waals surface area contributed by atoms with Crippen molar-refractivity contribution < 1.29 is 9.59 Å². The van der Waals surface area contributed by atoms with Gasteiger partial charge in [0.1, 0.15) is 5.25 Å². The molecule has 3 rings (SSSR count). The molecular weight excluding hydrogens is 440 g/mol. The summed E-state index contributed by atoms with van der Waals surface area (Å²) in [4.78, 5) is 24.9. The Balaban J connectivity index is 1.70. The fourth-order valence-corrected chi connectivity index (χ4v) is 4.35. The number of imide groups is 1. The number of benzene rings is 2. The standard InChI is InChI=1S/C20H17BrN4O2S/c21-14-8-6-13(7-9-14)16-15(10-22)18(23)28-17(16)19(26)25-20(27)24-11-12-4-2-1-3-5-12/h1-9,16-17H,11,23H2,(H2,24,25,26,27). The molecule has 0 fully saturated rings. The quantitative estimate of drug-likeness (QED) is 0.653. The summed E-state index contributed by atoms with van der Waals surface area (Å²) < 4.78 is 0.888. The summed E-state index contributed by atoms with van der Waals surface area (Å²) in [7, 11) is 0. The van der Waals surface area contributed by atoms with Crippen LogP contribution in [0.25, 0.3) is 0 Å². The van der Waals surface area contributed by atoms with Gasteiger partial charge in [-0.25, -0.2) is 4.79 Å². The molecule has 142 valence electrons. The smallest absolute Gasteiger partial charge is 0.321 e. The van der Waals surface area contributed by atoms with Gasteiger partial charge in [-0.3, -0.25) is 10.1 Å². The highest BCUT2D eigenvalue weighted by Crippen LogP contribution is 2.45. The first-order valence-corrected chi connectivity index (χ1v) is 10.1. The second kappa shape index (κ2) is 8.95. The molecule has 4 N–H and O–H groups in total. The molecule has 0 radical (unpaired) electrons. The van der Waals surface area contributed by atoms with Gasteiger partial charge in [0.25, 0.3) is 0 Å². The Bertz CT molecular complexity index is 954. The normalized spacial score (nSPS) is 18.4.